The molecule has 2 heteroatoms. The Hall–Kier alpha value is -0.790. The molecule has 1 N–H and O–H groups in total. The number of nitrogens with zero attached hydrogens (tertiary/aromatic N) is 1. The number of aromatic nitrogens is 2. The first-order chi connectivity index (χ1) is 6.30. The SMILES string of the molecule is CC(C)C(C)(C)C(C)(C)c1cnc[nH]1. The fourth-order valence-corrected chi connectivity index (χ4v) is 1.67. The molecule has 0 unspecified atom stereocenters. The van der Waals surface area contributed by atoms with E-state index in [9.17, 15) is 0 Å². The largest absolute Gasteiger partial charge is 0.348 e. The lowest BCUT2D eigenvalue weighted by molar-refractivity contribution is 0.122. The Morgan fingerprint density at radius 2 is 1.79 bits per heavy atom. The van der Waals surface area contributed by atoms with Crippen LogP contribution in [0.1, 0.15) is 47.2 Å². The molecule has 0 aliphatic carbocycles. The Balaban J connectivity index is 3.07. The van der Waals surface area contributed by atoms with E-state index >= 15 is 0 Å². The lowest BCUT2D eigenvalue weighted by Gasteiger charge is -2.44. The number of hydrogen-bond donors (Lipinski definition) is 1. The van der Waals surface area contributed by atoms with E-state index in [-0.39, 0.29) is 10.8 Å². The van der Waals surface area contributed by atoms with Crippen LogP contribution in [0.3, 0.4) is 0 Å². The summed E-state index contributed by atoms with van der Waals surface area (Å²) in [6, 6.07) is 0. The maximum absolute atomic E-state index is 4.11. The molecule has 0 bridgehead atoms. The third-order valence-electron chi connectivity index (χ3n) is 4.23. The van der Waals surface area contributed by atoms with E-state index < -0.39 is 0 Å². The summed E-state index contributed by atoms with van der Waals surface area (Å²) in [5, 5.41) is 0. The molecule has 1 aromatic rings. The molecule has 80 valence electrons. The van der Waals surface area contributed by atoms with Crippen LogP contribution in [0.25, 0.3) is 0 Å². The lowest BCUT2D eigenvalue weighted by Crippen LogP contribution is -2.40. The van der Waals surface area contributed by atoms with Crippen molar-refractivity contribution < 1.29 is 0 Å². The van der Waals surface area contributed by atoms with Gasteiger partial charge in [-0.2, -0.15) is 0 Å². The van der Waals surface area contributed by atoms with E-state index in [0.717, 1.165) is 0 Å². The van der Waals surface area contributed by atoms with Crippen LogP contribution in [0, 0.1) is 11.3 Å². The minimum Gasteiger partial charge on any atom is -0.348 e. The molecule has 0 spiro atoms. The molecule has 0 aromatic carbocycles. The van der Waals surface area contributed by atoms with Gasteiger partial charge in [-0.1, -0.05) is 41.5 Å². The zero-order valence-electron chi connectivity index (χ0n) is 10.2. The summed E-state index contributed by atoms with van der Waals surface area (Å²) in [7, 11) is 0. The first-order valence-electron chi connectivity index (χ1n) is 5.29. The molecule has 1 heterocycles. The number of nitrogens with one attached hydrogen (secondary N) is 1. The van der Waals surface area contributed by atoms with Crippen LogP contribution in [0.5, 0.6) is 0 Å². The van der Waals surface area contributed by atoms with E-state index in [1.165, 1.54) is 5.69 Å². The summed E-state index contributed by atoms with van der Waals surface area (Å²) >= 11 is 0. The first kappa shape index (κ1) is 11.3. The number of H-pyrrole nitrogens is 1. The summed E-state index contributed by atoms with van der Waals surface area (Å²) in [6.07, 6.45) is 3.69. The van der Waals surface area contributed by atoms with Crippen molar-refractivity contribution >= 4 is 0 Å². The van der Waals surface area contributed by atoms with Gasteiger partial charge in [-0.3, -0.25) is 0 Å². The molecule has 0 radical (unpaired) electrons. The zero-order valence-corrected chi connectivity index (χ0v) is 10.2. The average Bonchev–Trinajstić information content (AvgIpc) is 2.55. The van der Waals surface area contributed by atoms with Crippen molar-refractivity contribution in [1.82, 2.24) is 9.97 Å². The Bertz CT molecular complexity index is 281. The molecule has 14 heavy (non-hydrogen) atoms. The van der Waals surface area contributed by atoms with Crippen LogP contribution in [0.4, 0.5) is 0 Å². The van der Waals surface area contributed by atoms with Gasteiger partial charge in [0, 0.05) is 17.3 Å². The van der Waals surface area contributed by atoms with Crippen LogP contribution in [0.15, 0.2) is 12.5 Å². The van der Waals surface area contributed by atoms with Gasteiger partial charge in [-0.25, -0.2) is 4.98 Å². The Morgan fingerprint density at radius 3 is 2.14 bits per heavy atom. The van der Waals surface area contributed by atoms with Gasteiger partial charge in [0.05, 0.1) is 6.33 Å². The third kappa shape index (κ3) is 1.58. The molecule has 0 saturated carbocycles. The number of aromatic amines is 1. The van der Waals surface area contributed by atoms with Gasteiger partial charge in [0.1, 0.15) is 0 Å². The number of rotatable bonds is 3. The molecular formula is C12H22N2. The van der Waals surface area contributed by atoms with E-state index in [1.807, 2.05) is 6.20 Å². The molecule has 0 aliphatic heterocycles. The van der Waals surface area contributed by atoms with Crippen molar-refractivity contribution in [2.24, 2.45) is 11.3 Å². The fourth-order valence-electron chi connectivity index (χ4n) is 1.67. The molecule has 1 rings (SSSR count). The number of hydrogen-bond acceptors (Lipinski definition) is 1. The summed E-state index contributed by atoms with van der Waals surface area (Å²) in [5.74, 6) is 0.640. The van der Waals surface area contributed by atoms with E-state index in [4.69, 9.17) is 0 Å². The Labute approximate surface area is 87.1 Å². The molecular weight excluding hydrogens is 172 g/mol. The highest BCUT2D eigenvalue weighted by atomic mass is 14.9. The standard InChI is InChI=1S/C12H22N2/c1-9(2)11(3,4)12(5,6)10-7-13-8-14-10/h7-9H,1-6H3,(H,13,14). The zero-order chi connectivity index (χ0) is 11.0. The van der Waals surface area contributed by atoms with Gasteiger partial charge in [0.2, 0.25) is 0 Å². The summed E-state index contributed by atoms with van der Waals surface area (Å²) in [5.41, 5.74) is 1.59. The molecule has 0 amide bonds. The summed E-state index contributed by atoms with van der Waals surface area (Å²) in [6.45, 7) is 13.7. The second-order valence-corrected chi connectivity index (χ2v) is 5.47. The van der Waals surface area contributed by atoms with Gasteiger partial charge < -0.3 is 4.98 Å². The Morgan fingerprint density at radius 1 is 1.21 bits per heavy atom. The monoisotopic (exact) mass is 194 g/mol. The minimum atomic E-state index is 0.123. The van der Waals surface area contributed by atoms with Crippen molar-refractivity contribution in [1.29, 1.82) is 0 Å². The summed E-state index contributed by atoms with van der Waals surface area (Å²) < 4.78 is 0. The highest BCUT2D eigenvalue weighted by Gasteiger charge is 2.41. The van der Waals surface area contributed by atoms with Crippen LogP contribution in [-0.4, -0.2) is 9.97 Å². The van der Waals surface area contributed by atoms with Crippen LogP contribution < -0.4 is 0 Å². The van der Waals surface area contributed by atoms with Crippen LogP contribution in [-0.2, 0) is 5.41 Å². The first-order valence-corrected chi connectivity index (χ1v) is 5.29. The lowest BCUT2D eigenvalue weighted by atomic mass is 9.61. The average molecular weight is 194 g/mol. The third-order valence-corrected chi connectivity index (χ3v) is 4.23. The minimum absolute atomic E-state index is 0.123. The van der Waals surface area contributed by atoms with E-state index in [0.29, 0.717) is 5.92 Å². The molecule has 0 aliphatic rings. The molecule has 0 fully saturated rings. The smallest absolute Gasteiger partial charge is 0.0921 e. The topological polar surface area (TPSA) is 28.7 Å². The van der Waals surface area contributed by atoms with Crippen molar-refractivity contribution in [3.05, 3.63) is 18.2 Å². The predicted molar refractivity (Wildman–Crippen MR) is 60.2 cm³/mol. The molecule has 1 aromatic heterocycles. The molecule has 0 atom stereocenters. The van der Waals surface area contributed by atoms with Crippen molar-refractivity contribution in [2.75, 3.05) is 0 Å². The van der Waals surface area contributed by atoms with Gasteiger partial charge in [0.25, 0.3) is 0 Å². The van der Waals surface area contributed by atoms with E-state index in [2.05, 4.69) is 51.5 Å². The van der Waals surface area contributed by atoms with E-state index in [1.54, 1.807) is 6.33 Å². The van der Waals surface area contributed by atoms with Gasteiger partial charge in [0.15, 0.2) is 0 Å². The predicted octanol–water partition coefficient (Wildman–Crippen LogP) is 3.37. The van der Waals surface area contributed by atoms with Crippen molar-refractivity contribution in [2.45, 2.75) is 47.0 Å². The highest BCUT2D eigenvalue weighted by molar-refractivity contribution is 5.15. The molecule has 2 nitrogen and oxygen atoms in total. The van der Waals surface area contributed by atoms with Crippen molar-refractivity contribution in [3.8, 4) is 0 Å². The second-order valence-electron chi connectivity index (χ2n) is 5.47. The second kappa shape index (κ2) is 3.41. The fraction of sp³-hybridized carbons (Fsp3) is 0.750. The van der Waals surface area contributed by atoms with Crippen LogP contribution in [0.2, 0.25) is 0 Å². The Kier molecular flexibility index (Phi) is 2.75. The normalized spacial score (nSPS) is 13.6. The summed E-state index contributed by atoms with van der Waals surface area (Å²) in [4.78, 5) is 7.33. The number of imidazole rings is 1. The quantitative estimate of drug-likeness (QED) is 0.785. The van der Waals surface area contributed by atoms with Crippen molar-refractivity contribution in [3.63, 3.8) is 0 Å². The van der Waals surface area contributed by atoms with Gasteiger partial charge in [-0.05, 0) is 11.3 Å². The van der Waals surface area contributed by atoms with Gasteiger partial charge in [-0.15, -0.1) is 0 Å². The van der Waals surface area contributed by atoms with Gasteiger partial charge >= 0.3 is 0 Å². The highest BCUT2D eigenvalue weighted by Crippen LogP contribution is 2.45. The maximum atomic E-state index is 4.11. The molecule has 0 saturated heterocycles. The maximum Gasteiger partial charge on any atom is 0.0921 e. The van der Waals surface area contributed by atoms with Crippen LogP contribution >= 0.6 is 0 Å².